The zero-order chi connectivity index (χ0) is 14.5. The van der Waals surface area contributed by atoms with Gasteiger partial charge >= 0.3 is 5.97 Å². The number of nitrogens with zero attached hydrogens (tertiary/aromatic N) is 1. The Balaban J connectivity index is 2.19. The molecule has 104 valence electrons. The predicted octanol–water partition coefficient (Wildman–Crippen LogP) is 3.36. The van der Waals surface area contributed by atoms with Gasteiger partial charge in [-0.25, -0.2) is 4.39 Å². The smallest absolute Gasteiger partial charge is 0.307 e. The molecule has 1 aromatic carbocycles. The first-order valence-electron chi connectivity index (χ1n) is 6.12. The number of aliphatic carboxylic acids is 1. The van der Waals surface area contributed by atoms with Crippen LogP contribution in [-0.4, -0.2) is 16.1 Å². The van der Waals surface area contributed by atoms with Crippen LogP contribution in [0.4, 0.5) is 4.39 Å². The Bertz CT molecular complexity index is 571. The van der Waals surface area contributed by atoms with Gasteiger partial charge in [0.2, 0.25) is 0 Å². The van der Waals surface area contributed by atoms with Crippen LogP contribution in [0.1, 0.15) is 11.1 Å². The van der Waals surface area contributed by atoms with Crippen molar-refractivity contribution in [2.75, 3.05) is 0 Å². The molecule has 2 aromatic rings. The molecule has 1 atom stereocenters. The highest BCUT2D eigenvalue weighted by Crippen LogP contribution is 2.21. The summed E-state index contributed by atoms with van der Waals surface area (Å²) in [5.74, 6) is -2.09. The number of halogens is 2. The number of pyridine rings is 1. The van der Waals surface area contributed by atoms with Crippen molar-refractivity contribution in [1.82, 2.24) is 4.98 Å². The molecular weight excluding hydrogens is 281 g/mol. The molecule has 0 amide bonds. The standard InChI is InChI=1S/C15H13ClFNO2/c16-13-9-18-6-5-10(13)7-12(15(19)20)8-11-3-1-2-4-14(11)17/h1-6,9,12H,7-8H2,(H,19,20). The monoisotopic (exact) mass is 293 g/mol. The molecule has 0 aliphatic carbocycles. The molecule has 1 heterocycles. The molecule has 1 aromatic heterocycles. The summed E-state index contributed by atoms with van der Waals surface area (Å²) in [6, 6.07) is 7.87. The highest BCUT2D eigenvalue weighted by atomic mass is 35.5. The molecule has 0 aliphatic rings. The van der Waals surface area contributed by atoms with Gasteiger partial charge in [0.25, 0.3) is 0 Å². The Morgan fingerprint density at radius 1 is 1.25 bits per heavy atom. The number of benzene rings is 1. The first kappa shape index (κ1) is 14.5. The summed E-state index contributed by atoms with van der Waals surface area (Å²) in [5.41, 5.74) is 1.09. The molecule has 0 radical (unpaired) electrons. The maximum atomic E-state index is 13.6. The van der Waals surface area contributed by atoms with Crippen LogP contribution in [0, 0.1) is 11.7 Å². The van der Waals surface area contributed by atoms with E-state index in [9.17, 15) is 14.3 Å². The predicted molar refractivity (Wildman–Crippen MR) is 74.2 cm³/mol. The summed E-state index contributed by atoms with van der Waals surface area (Å²) in [6.07, 6.45) is 3.40. The number of hydrogen-bond acceptors (Lipinski definition) is 2. The van der Waals surface area contributed by atoms with Crippen molar-refractivity contribution in [2.24, 2.45) is 5.92 Å². The highest BCUT2D eigenvalue weighted by molar-refractivity contribution is 6.31. The second-order valence-corrected chi connectivity index (χ2v) is 4.91. The lowest BCUT2D eigenvalue weighted by Crippen LogP contribution is -2.20. The summed E-state index contributed by atoms with van der Waals surface area (Å²) >= 11 is 5.98. The van der Waals surface area contributed by atoms with Gasteiger partial charge in [-0.15, -0.1) is 0 Å². The maximum Gasteiger partial charge on any atom is 0.307 e. The molecule has 0 spiro atoms. The number of hydrogen-bond donors (Lipinski definition) is 1. The largest absolute Gasteiger partial charge is 0.481 e. The average molecular weight is 294 g/mol. The van der Waals surface area contributed by atoms with E-state index in [1.807, 2.05) is 0 Å². The molecule has 20 heavy (non-hydrogen) atoms. The Labute approximate surface area is 121 Å². The molecule has 1 N–H and O–H groups in total. The third kappa shape index (κ3) is 3.54. The van der Waals surface area contributed by atoms with E-state index in [1.165, 1.54) is 12.3 Å². The van der Waals surface area contributed by atoms with Crippen molar-refractivity contribution >= 4 is 17.6 Å². The molecule has 5 heteroatoms. The number of carbonyl (C=O) groups is 1. The van der Waals surface area contributed by atoms with Crippen LogP contribution < -0.4 is 0 Å². The van der Waals surface area contributed by atoms with Gasteiger partial charge < -0.3 is 5.11 Å². The van der Waals surface area contributed by atoms with Gasteiger partial charge in [-0.1, -0.05) is 29.8 Å². The lowest BCUT2D eigenvalue weighted by Gasteiger charge is -2.13. The van der Waals surface area contributed by atoms with E-state index in [2.05, 4.69) is 4.98 Å². The molecule has 1 unspecified atom stereocenters. The van der Waals surface area contributed by atoms with Crippen molar-refractivity contribution in [3.8, 4) is 0 Å². The minimum absolute atomic E-state index is 0.126. The van der Waals surface area contributed by atoms with Gasteiger partial charge in [-0.3, -0.25) is 9.78 Å². The molecular formula is C15H13ClFNO2. The van der Waals surface area contributed by atoms with E-state index in [0.717, 1.165) is 0 Å². The number of carboxylic acid groups (broad SMARTS) is 1. The van der Waals surface area contributed by atoms with Gasteiger partial charge in [-0.05, 0) is 36.1 Å². The fourth-order valence-corrected chi connectivity index (χ4v) is 2.21. The van der Waals surface area contributed by atoms with Gasteiger partial charge in [-0.2, -0.15) is 0 Å². The molecule has 0 saturated heterocycles. The Hall–Kier alpha value is -1.94. The lowest BCUT2D eigenvalue weighted by molar-refractivity contribution is -0.141. The number of rotatable bonds is 5. The second-order valence-electron chi connectivity index (χ2n) is 4.50. The average Bonchev–Trinajstić information content (AvgIpc) is 2.42. The van der Waals surface area contributed by atoms with Crippen LogP contribution in [0.3, 0.4) is 0 Å². The van der Waals surface area contributed by atoms with E-state index < -0.39 is 11.9 Å². The maximum absolute atomic E-state index is 13.6. The summed E-state index contributed by atoms with van der Waals surface area (Å²) in [7, 11) is 0. The fourth-order valence-electron chi connectivity index (χ4n) is 2.01. The minimum Gasteiger partial charge on any atom is -0.481 e. The van der Waals surface area contributed by atoms with Crippen LogP contribution in [0.5, 0.6) is 0 Å². The van der Waals surface area contributed by atoms with Gasteiger partial charge in [0, 0.05) is 12.4 Å². The van der Waals surface area contributed by atoms with Gasteiger partial charge in [0.1, 0.15) is 5.82 Å². The minimum atomic E-state index is -0.971. The fraction of sp³-hybridized carbons (Fsp3) is 0.200. The summed E-state index contributed by atoms with van der Waals surface area (Å²) in [6.45, 7) is 0. The van der Waals surface area contributed by atoms with Crippen molar-refractivity contribution in [3.63, 3.8) is 0 Å². The van der Waals surface area contributed by atoms with Crippen LogP contribution in [0.15, 0.2) is 42.7 Å². The normalized spacial score (nSPS) is 12.1. The Kier molecular flexibility index (Phi) is 4.69. The van der Waals surface area contributed by atoms with Crippen molar-refractivity contribution < 1.29 is 14.3 Å². The van der Waals surface area contributed by atoms with Crippen LogP contribution in [0.25, 0.3) is 0 Å². The molecule has 0 aliphatic heterocycles. The van der Waals surface area contributed by atoms with E-state index in [1.54, 1.807) is 30.5 Å². The lowest BCUT2D eigenvalue weighted by atomic mass is 9.93. The first-order chi connectivity index (χ1) is 9.58. The topological polar surface area (TPSA) is 50.2 Å². The summed E-state index contributed by atoms with van der Waals surface area (Å²) in [5, 5.41) is 9.72. The number of aromatic nitrogens is 1. The number of carboxylic acids is 1. The summed E-state index contributed by atoms with van der Waals surface area (Å²) in [4.78, 5) is 15.2. The van der Waals surface area contributed by atoms with Crippen LogP contribution >= 0.6 is 11.6 Å². The zero-order valence-electron chi connectivity index (χ0n) is 10.6. The molecule has 0 fully saturated rings. The van der Waals surface area contributed by atoms with Crippen LogP contribution in [0.2, 0.25) is 5.02 Å². The van der Waals surface area contributed by atoms with Gasteiger partial charge in [0.05, 0.1) is 10.9 Å². The van der Waals surface area contributed by atoms with Crippen molar-refractivity contribution in [1.29, 1.82) is 0 Å². The first-order valence-corrected chi connectivity index (χ1v) is 6.50. The molecule has 2 rings (SSSR count). The zero-order valence-corrected chi connectivity index (χ0v) is 11.3. The Morgan fingerprint density at radius 2 is 1.95 bits per heavy atom. The van der Waals surface area contributed by atoms with Crippen molar-refractivity contribution in [2.45, 2.75) is 12.8 Å². The van der Waals surface area contributed by atoms with Crippen LogP contribution in [-0.2, 0) is 17.6 Å². The van der Waals surface area contributed by atoms with E-state index in [0.29, 0.717) is 16.1 Å². The van der Waals surface area contributed by atoms with Crippen molar-refractivity contribution in [3.05, 3.63) is 64.7 Å². The molecule has 0 bridgehead atoms. The molecule has 0 saturated carbocycles. The van der Waals surface area contributed by atoms with E-state index >= 15 is 0 Å². The third-order valence-electron chi connectivity index (χ3n) is 3.10. The summed E-state index contributed by atoms with van der Waals surface area (Å²) < 4.78 is 13.6. The Morgan fingerprint density at radius 3 is 2.60 bits per heavy atom. The quantitative estimate of drug-likeness (QED) is 0.919. The SMILES string of the molecule is O=C(O)C(Cc1ccccc1F)Cc1ccncc1Cl. The second kappa shape index (κ2) is 6.48. The van der Waals surface area contributed by atoms with Gasteiger partial charge in [0.15, 0.2) is 0 Å². The third-order valence-corrected chi connectivity index (χ3v) is 3.44. The molecule has 3 nitrogen and oxygen atoms in total. The highest BCUT2D eigenvalue weighted by Gasteiger charge is 2.21. The van der Waals surface area contributed by atoms with E-state index in [4.69, 9.17) is 11.6 Å². The van der Waals surface area contributed by atoms with E-state index in [-0.39, 0.29) is 18.7 Å².